The first-order valence-corrected chi connectivity index (χ1v) is 8.77. The van der Waals surface area contributed by atoms with E-state index in [4.69, 9.17) is 9.47 Å². The van der Waals surface area contributed by atoms with Crippen molar-refractivity contribution in [3.05, 3.63) is 54.1 Å². The molecule has 1 aliphatic carbocycles. The van der Waals surface area contributed by atoms with Crippen molar-refractivity contribution in [1.29, 1.82) is 0 Å². The van der Waals surface area contributed by atoms with Gasteiger partial charge in [0.05, 0.1) is 14.2 Å². The molecule has 1 aliphatic rings. The van der Waals surface area contributed by atoms with Crippen molar-refractivity contribution in [2.75, 3.05) is 14.2 Å². The molecule has 0 fully saturated rings. The Hall–Kier alpha value is -2.76. The molecule has 2 aromatic rings. The summed E-state index contributed by atoms with van der Waals surface area (Å²) in [5.74, 6) is 2.43. The fourth-order valence-electron chi connectivity index (χ4n) is 3.27. The van der Waals surface area contributed by atoms with E-state index in [-0.39, 0.29) is 11.9 Å². The number of imidazole rings is 1. The van der Waals surface area contributed by atoms with Crippen LogP contribution in [-0.2, 0) is 11.8 Å². The number of nitrogens with one attached hydrogen (secondary N) is 1. The quantitative estimate of drug-likeness (QED) is 0.776. The van der Waals surface area contributed by atoms with Gasteiger partial charge in [0.1, 0.15) is 23.4 Å². The van der Waals surface area contributed by atoms with Gasteiger partial charge in [-0.15, -0.1) is 0 Å². The molecule has 0 radical (unpaired) electrons. The van der Waals surface area contributed by atoms with E-state index < -0.39 is 0 Å². The van der Waals surface area contributed by atoms with Crippen molar-refractivity contribution in [2.24, 2.45) is 13.0 Å². The fourth-order valence-corrected chi connectivity index (χ4v) is 3.27. The van der Waals surface area contributed by atoms with Crippen LogP contribution < -0.4 is 14.8 Å². The summed E-state index contributed by atoms with van der Waals surface area (Å²) < 4.78 is 12.7. The summed E-state index contributed by atoms with van der Waals surface area (Å²) in [6, 6.07) is 5.23. The second-order valence-electron chi connectivity index (χ2n) is 6.51. The zero-order valence-electron chi connectivity index (χ0n) is 15.4. The zero-order valence-corrected chi connectivity index (χ0v) is 15.4. The number of hydrogen-bond acceptors (Lipinski definition) is 4. The number of aromatic nitrogens is 2. The molecule has 6 heteroatoms. The molecule has 0 aliphatic heterocycles. The molecule has 1 aromatic heterocycles. The number of nitrogens with zero attached hydrogens (tertiary/aromatic N) is 2. The average Bonchev–Trinajstić information content (AvgIpc) is 3.30. The van der Waals surface area contributed by atoms with Crippen molar-refractivity contribution < 1.29 is 14.3 Å². The molecule has 0 saturated carbocycles. The first-order valence-electron chi connectivity index (χ1n) is 8.77. The molecule has 2 atom stereocenters. The Kier molecular flexibility index (Phi) is 5.61. The van der Waals surface area contributed by atoms with Crippen molar-refractivity contribution >= 4 is 5.91 Å². The number of carbonyl (C=O) groups is 1. The SMILES string of the molecule is COc1cc(OC)cc([C@@H](NC(=O)C[C@H]2C=CCC2)c2nccn2C)c1. The molecule has 0 bridgehead atoms. The molecule has 0 unspecified atom stereocenters. The number of carbonyl (C=O) groups excluding carboxylic acids is 1. The van der Waals surface area contributed by atoms with Crippen molar-refractivity contribution in [1.82, 2.24) is 14.9 Å². The molecule has 3 rings (SSSR count). The van der Waals surface area contributed by atoms with E-state index in [2.05, 4.69) is 22.5 Å². The zero-order chi connectivity index (χ0) is 18.5. The molecular formula is C20H25N3O3. The first-order chi connectivity index (χ1) is 12.6. The Morgan fingerprint density at radius 3 is 2.58 bits per heavy atom. The number of allylic oxidation sites excluding steroid dienone is 2. The van der Waals surface area contributed by atoms with E-state index in [1.54, 1.807) is 20.4 Å². The van der Waals surface area contributed by atoms with Crippen LogP contribution in [0.2, 0.25) is 0 Å². The molecule has 138 valence electrons. The molecule has 26 heavy (non-hydrogen) atoms. The van der Waals surface area contributed by atoms with Gasteiger partial charge in [0.25, 0.3) is 0 Å². The van der Waals surface area contributed by atoms with Gasteiger partial charge >= 0.3 is 0 Å². The highest BCUT2D eigenvalue weighted by Gasteiger charge is 2.24. The Morgan fingerprint density at radius 1 is 1.31 bits per heavy atom. The summed E-state index contributed by atoms with van der Waals surface area (Å²) in [5.41, 5.74) is 0.866. The normalized spacial score (nSPS) is 17.1. The number of rotatable bonds is 7. The number of amides is 1. The van der Waals surface area contributed by atoms with Crippen LogP contribution in [0.5, 0.6) is 11.5 Å². The van der Waals surface area contributed by atoms with Gasteiger partial charge in [0.15, 0.2) is 0 Å². The lowest BCUT2D eigenvalue weighted by molar-refractivity contribution is -0.122. The lowest BCUT2D eigenvalue weighted by atomic mass is 10.0. The highest BCUT2D eigenvalue weighted by Crippen LogP contribution is 2.30. The second-order valence-corrected chi connectivity index (χ2v) is 6.51. The molecule has 0 spiro atoms. The van der Waals surface area contributed by atoms with E-state index in [1.807, 2.05) is 36.0 Å². The lowest BCUT2D eigenvalue weighted by Gasteiger charge is -2.21. The smallest absolute Gasteiger partial charge is 0.221 e. The number of ether oxygens (including phenoxy) is 2. The van der Waals surface area contributed by atoms with Crippen molar-refractivity contribution in [3.63, 3.8) is 0 Å². The van der Waals surface area contributed by atoms with Crippen LogP contribution >= 0.6 is 0 Å². The van der Waals surface area contributed by atoms with Crippen LogP contribution in [0.1, 0.15) is 36.7 Å². The maximum Gasteiger partial charge on any atom is 0.221 e. The van der Waals surface area contributed by atoms with Gasteiger partial charge in [-0.1, -0.05) is 12.2 Å². The Morgan fingerprint density at radius 2 is 2.04 bits per heavy atom. The monoisotopic (exact) mass is 355 g/mol. The summed E-state index contributed by atoms with van der Waals surface area (Å²) in [7, 11) is 5.14. The van der Waals surface area contributed by atoms with E-state index in [0.29, 0.717) is 23.8 Å². The summed E-state index contributed by atoms with van der Waals surface area (Å²) >= 11 is 0. The predicted molar refractivity (Wildman–Crippen MR) is 99.2 cm³/mol. The van der Waals surface area contributed by atoms with Crippen molar-refractivity contribution in [2.45, 2.75) is 25.3 Å². The van der Waals surface area contributed by atoms with E-state index >= 15 is 0 Å². The number of benzene rings is 1. The highest BCUT2D eigenvalue weighted by atomic mass is 16.5. The van der Waals surface area contributed by atoms with Crippen molar-refractivity contribution in [3.8, 4) is 11.5 Å². The predicted octanol–water partition coefficient (Wildman–Crippen LogP) is 3.00. The maximum atomic E-state index is 12.7. The third-order valence-electron chi connectivity index (χ3n) is 4.69. The number of hydrogen-bond donors (Lipinski definition) is 1. The summed E-state index contributed by atoms with van der Waals surface area (Å²) in [4.78, 5) is 17.1. The van der Waals surface area contributed by atoms with Gasteiger partial charge in [0, 0.05) is 31.9 Å². The fraction of sp³-hybridized carbons (Fsp3) is 0.400. The van der Waals surface area contributed by atoms with Crippen LogP contribution in [0.15, 0.2) is 42.7 Å². The average molecular weight is 355 g/mol. The molecule has 0 saturated heterocycles. The van der Waals surface area contributed by atoms with Crippen LogP contribution in [0.3, 0.4) is 0 Å². The minimum Gasteiger partial charge on any atom is -0.497 e. The lowest BCUT2D eigenvalue weighted by Crippen LogP contribution is -2.32. The van der Waals surface area contributed by atoms with E-state index in [9.17, 15) is 4.79 Å². The third-order valence-corrected chi connectivity index (χ3v) is 4.69. The summed E-state index contributed by atoms with van der Waals surface area (Å²) in [6.45, 7) is 0. The molecule has 1 heterocycles. The Bertz CT molecular complexity index is 775. The molecule has 1 aromatic carbocycles. The standard InChI is InChI=1S/C20H25N3O3/c1-23-9-8-21-20(23)19(22-18(24)10-14-6-4-5-7-14)15-11-16(25-2)13-17(12-15)26-3/h4,6,8-9,11-14,19H,5,7,10H2,1-3H3,(H,22,24)/t14-,19+/m0/s1. The first kappa shape index (κ1) is 18.0. The topological polar surface area (TPSA) is 65.4 Å². The molecule has 1 N–H and O–H groups in total. The maximum absolute atomic E-state index is 12.7. The highest BCUT2D eigenvalue weighted by molar-refractivity contribution is 5.77. The minimum atomic E-state index is -0.378. The van der Waals surface area contributed by atoms with Crippen LogP contribution in [0.4, 0.5) is 0 Å². The number of aryl methyl sites for hydroxylation is 1. The summed E-state index contributed by atoms with van der Waals surface area (Å²) in [5, 5.41) is 3.14. The van der Waals surface area contributed by atoms with Gasteiger partial charge in [0.2, 0.25) is 5.91 Å². The number of methoxy groups -OCH3 is 2. The van der Waals surface area contributed by atoms with E-state index in [0.717, 1.165) is 24.2 Å². The summed E-state index contributed by atoms with van der Waals surface area (Å²) in [6.07, 6.45) is 10.4. The van der Waals surface area contributed by atoms with Gasteiger partial charge < -0.3 is 19.4 Å². The largest absolute Gasteiger partial charge is 0.497 e. The molecular weight excluding hydrogens is 330 g/mol. The van der Waals surface area contributed by atoms with E-state index in [1.165, 1.54) is 0 Å². The van der Waals surface area contributed by atoms with Gasteiger partial charge in [-0.25, -0.2) is 4.98 Å². The van der Waals surface area contributed by atoms with Gasteiger partial charge in [-0.3, -0.25) is 4.79 Å². The molecule has 6 nitrogen and oxygen atoms in total. The Labute approximate surface area is 153 Å². The minimum absolute atomic E-state index is 0.0105. The second kappa shape index (κ2) is 8.08. The molecule has 1 amide bonds. The van der Waals surface area contributed by atoms with Crippen LogP contribution in [0, 0.1) is 5.92 Å². The van der Waals surface area contributed by atoms with Gasteiger partial charge in [-0.2, -0.15) is 0 Å². The Balaban J connectivity index is 1.90. The van der Waals surface area contributed by atoms with Gasteiger partial charge in [-0.05, 0) is 36.5 Å². The van der Waals surface area contributed by atoms with Crippen LogP contribution in [-0.4, -0.2) is 29.7 Å². The van der Waals surface area contributed by atoms with Crippen LogP contribution in [0.25, 0.3) is 0 Å². The third kappa shape index (κ3) is 4.07.